The molecule has 0 aliphatic carbocycles. The second kappa shape index (κ2) is 8.56. The molecule has 1 atom stereocenters. The molecule has 0 amide bonds. The Kier molecular flexibility index (Phi) is 7.00. The zero-order valence-corrected chi connectivity index (χ0v) is 12.3. The van der Waals surface area contributed by atoms with Crippen LogP contribution < -0.4 is 15.8 Å². The minimum atomic E-state index is 0.350. The van der Waals surface area contributed by atoms with Gasteiger partial charge in [0.25, 0.3) is 0 Å². The third-order valence-corrected chi connectivity index (χ3v) is 3.00. The van der Waals surface area contributed by atoms with Crippen molar-refractivity contribution in [1.29, 1.82) is 0 Å². The summed E-state index contributed by atoms with van der Waals surface area (Å²) in [6, 6.07) is 0.350. The number of hydrogen-bond acceptors (Lipinski definition) is 5. The summed E-state index contributed by atoms with van der Waals surface area (Å²) in [6.07, 6.45) is 7.67. The molecule has 0 saturated heterocycles. The van der Waals surface area contributed by atoms with Gasteiger partial charge in [0.2, 0.25) is 5.88 Å². The van der Waals surface area contributed by atoms with Crippen molar-refractivity contribution in [3.63, 3.8) is 0 Å². The molecule has 5 heteroatoms. The van der Waals surface area contributed by atoms with E-state index in [0.717, 1.165) is 6.42 Å². The number of ether oxygens (including phenoxy) is 1. The van der Waals surface area contributed by atoms with Crippen LogP contribution in [0.3, 0.4) is 0 Å². The van der Waals surface area contributed by atoms with Crippen LogP contribution in [0.4, 0.5) is 11.5 Å². The molecule has 1 unspecified atom stereocenters. The highest BCUT2D eigenvalue weighted by molar-refractivity contribution is 5.66. The average molecular weight is 266 g/mol. The third-order valence-electron chi connectivity index (χ3n) is 3.00. The normalized spacial score (nSPS) is 12.2. The van der Waals surface area contributed by atoms with Gasteiger partial charge in [0.1, 0.15) is 12.0 Å². The molecule has 0 spiro atoms. The third kappa shape index (κ3) is 5.32. The first-order chi connectivity index (χ1) is 9.19. The molecule has 0 aromatic carbocycles. The first-order valence-corrected chi connectivity index (χ1v) is 7.18. The molecule has 5 nitrogen and oxygen atoms in total. The topological polar surface area (TPSA) is 73.1 Å². The number of nitrogens with one attached hydrogen (secondary N) is 1. The van der Waals surface area contributed by atoms with E-state index in [0.29, 0.717) is 30.0 Å². The van der Waals surface area contributed by atoms with E-state index in [9.17, 15) is 0 Å². The summed E-state index contributed by atoms with van der Waals surface area (Å²) in [7, 11) is 0. The van der Waals surface area contributed by atoms with Gasteiger partial charge in [0, 0.05) is 6.04 Å². The van der Waals surface area contributed by atoms with Crippen molar-refractivity contribution in [2.75, 3.05) is 17.7 Å². The molecule has 0 aliphatic rings. The van der Waals surface area contributed by atoms with Crippen molar-refractivity contribution >= 4 is 11.5 Å². The molecule has 1 aromatic rings. The lowest BCUT2D eigenvalue weighted by atomic mass is 10.1. The number of aromatic nitrogens is 2. The number of nitrogens with zero attached hydrogens (tertiary/aromatic N) is 2. The van der Waals surface area contributed by atoms with E-state index < -0.39 is 0 Å². The largest absolute Gasteiger partial charge is 0.476 e. The van der Waals surface area contributed by atoms with E-state index in [1.165, 1.54) is 32.0 Å². The number of rotatable bonds is 9. The monoisotopic (exact) mass is 266 g/mol. The van der Waals surface area contributed by atoms with Crippen LogP contribution in [0.5, 0.6) is 5.88 Å². The van der Waals surface area contributed by atoms with E-state index >= 15 is 0 Å². The summed E-state index contributed by atoms with van der Waals surface area (Å²) < 4.78 is 5.36. The van der Waals surface area contributed by atoms with E-state index in [2.05, 4.69) is 29.1 Å². The molecule has 0 bridgehead atoms. The Morgan fingerprint density at radius 2 is 2.05 bits per heavy atom. The summed E-state index contributed by atoms with van der Waals surface area (Å²) in [4.78, 5) is 8.20. The molecule has 19 heavy (non-hydrogen) atoms. The Labute approximate surface area is 116 Å². The smallest absolute Gasteiger partial charge is 0.242 e. The van der Waals surface area contributed by atoms with Crippen molar-refractivity contribution in [2.45, 2.75) is 58.9 Å². The fourth-order valence-electron chi connectivity index (χ4n) is 1.93. The maximum atomic E-state index is 5.98. The van der Waals surface area contributed by atoms with Crippen molar-refractivity contribution in [1.82, 2.24) is 9.97 Å². The molecule has 0 radical (unpaired) electrons. The van der Waals surface area contributed by atoms with E-state index in [1.807, 2.05) is 6.92 Å². The Morgan fingerprint density at radius 1 is 1.26 bits per heavy atom. The quantitative estimate of drug-likeness (QED) is 0.671. The zero-order valence-electron chi connectivity index (χ0n) is 12.3. The van der Waals surface area contributed by atoms with Gasteiger partial charge in [-0.25, -0.2) is 4.98 Å². The van der Waals surface area contributed by atoms with Gasteiger partial charge in [-0.1, -0.05) is 32.6 Å². The number of hydrogen-bond donors (Lipinski definition) is 2. The van der Waals surface area contributed by atoms with Crippen molar-refractivity contribution in [2.24, 2.45) is 0 Å². The molecule has 0 fully saturated rings. The van der Waals surface area contributed by atoms with Gasteiger partial charge in [-0.2, -0.15) is 4.98 Å². The van der Waals surface area contributed by atoms with Gasteiger partial charge in [0.05, 0.1) is 6.61 Å². The maximum absolute atomic E-state index is 5.98. The Hall–Kier alpha value is -1.52. The Bertz CT molecular complexity index is 370. The van der Waals surface area contributed by atoms with Crippen LogP contribution in [0.15, 0.2) is 6.33 Å². The lowest BCUT2D eigenvalue weighted by molar-refractivity contribution is 0.328. The number of nitrogen functional groups attached to an aromatic ring is 1. The number of unbranched alkanes of at least 4 members (excludes halogenated alkanes) is 3. The first kappa shape index (κ1) is 15.5. The summed E-state index contributed by atoms with van der Waals surface area (Å²) in [5.41, 5.74) is 6.47. The summed E-state index contributed by atoms with van der Waals surface area (Å²) in [6.45, 7) is 6.82. The highest BCUT2D eigenvalue weighted by Crippen LogP contribution is 2.25. The molecule has 0 saturated carbocycles. The molecule has 0 aliphatic heterocycles. The molecule has 1 heterocycles. The second-order valence-corrected chi connectivity index (χ2v) is 4.77. The SMILES string of the molecule is CCCCCCC(C)Nc1ncnc(OCC)c1N. The fourth-order valence-corrected chi connectivity index (χ4v) is 1.93. The Morgan fingerprint density at radius 3 is 2.74 bits per heavy atom. The lowest BCUT2D eigenvalue weighted by Gasteiger charge is -2.16. The molecule has 108 valence electrons. The van der Waals surface area contributed by atoms with E-state index in [-0.39, 0.29) is 0 Å². The number of anilines is 2. The highest BCUT2D eigenvalue weighted by Gasteiger charge is 2.11. The van der Waals surface area contributed by atoms with Crippen LogP contribution >= 0.6 is 0 Å². The summed E-state index contributed by atoms with van der Waals surface area (Å²) in [5, 5.41) is 3.33. The van der Waals surface area contributed by atoms with Crippen LogP contribution in [0.25, 0.3) is 0 Å². The van der Waals surface area contributed by atoms with Gasteiger partial charge >= 0.3 is 0 Å². The van der Waals surface area contributed by atoms with Crippen LogP contribution in [-0.4, -0.2) is 22.6 Å². The molecular weight excluding hydrogens is 240 g/mol. The van der Waals surface area contributed by atoms with E-state index in [4.69, 9.17) is 10.5 Å². The van der Waals surface area contributed by atoms with Crippen LogP contribution in [0, 0.1) is 0 Å². The zero-order chi connectivity index (χ0) is 14.1. The van der Waals surface area contributed by atoms with Gasteiger partial charge < -0.3 is 15.8 Å². The summed E-state index contributed by atoms with van der Waals surface area (Å²) in [5.74, 6) is 1.12. The van der Waals surface area contributed by atoms with Gasteiger partial charge in [-0.05, 0) is 20.3 Å². The van der Waals surface area contributed by atoms with Crippen LogP contribution in [0.2, 0.25) is 0 Å². The minimum absolute atomic E-state index is 0.350. The first-order valence-electron chi connectivity index (χ1n) is 7.18. The fraction of sp³-hybridized carbons (Fsp3) is 0.714. The second-order valence-electron chi connectivity index (χ2n) is 4.77. The summed E-state index contributed by atoms with van der Waals surface area (Å²) >= 11 is 0. The van der Waals surface area contributed by atoms with Gasteiger partial charge in [0.15, 0.2) is 5.82 Å². The lowest BCUT2D eigenvalue weighted by Crippen LogP contribution is -2.17. The molecule has 1 aromatic heterocycles. The van der Waals surface area contributed by atoms with Crippen LogP contribution in [-0.2, 0) is 0 Å². The van der Waals surface area contributed by atoms with Crippen molar-refractivity contribution < 1.29 is 4.74 Å². The van der Waals surface area contributed by atoms with Crippen molar-refractivity contribution in [3.8, 4) is 5.88 Å². The standard InChI is InChI=1S/C14H26N4O/c1-4-6-7-8-9-11(3)18-13-12(15)14(19-5-2)17-10-16-13/h10-11H,4-9,15H2,1-3H3,(H,16,17,18). The molecular formula is C14H26N4O. The molecule has 1 rings (SSSR count). The van der Waals surface area contributed by atoms with Gasteiger partial charge in [-0.15, -0.1) is 0 Å². The minimum Gasteiger partial charge on any atom is -0.476 e. The van der Waals surface area contributed by atoms with Crippen molar-refractivity contribution in [3.05, 3.63) is 6.33 Å². The molecule has 3 N–H and O–H groups in total. The van der Waals surface area contributed by atoms with Gasteiger partial charge in [-0.3, -0.25) is 0 Å². The maximum Gasteiger partial charge on any atom is 0.242 e. The highest BCUT2D eigenvalue weighted by atomic mass is 16.5. The Balaban J connectivity index is 2.49. The van der Waals surface area contributed by atoms with E-state index in [1.54, 1.807) is 0 Å². The predicted octanol–water partition coefficient (Wildman–Crippen LogP) is 3.23. The average Bonchev–Trinajstić information content (AvgIpc) is 2.40. The predicted molar refractivity (Wildman–Crippen MR) is 79.5 cm³/mol. The van der Waals surface area contributed by atoms with Crippen LogP contribution in [0.1, 0.15) is 52.9 Å². The number of nitrogens with two attached hydrogens (primary N) is 1.